The van der Waals surface area contributed by atoms with E-state index in [4.69, 9.17) is 27.0 Å². The largest absolute Gasteiger partial charge is 0.384 e. The lowest BCUT2D eigenvalue weighted by Gasteiger charge is -2.12. The predicted octanol–water partition coefficient (Wildman–Crippen LogP) is 3.64. The fraction of sp³-hybridized carbons (Fsp3) is 0.0909. The summed E-state index contributed by atoms with van der Waals surface area (Å²) in [7, 11) is 0. The first-order chi connectivity index (χ1) is 13.0. The molecule has 0 bridgehead atoms. The smallest absolute Gasteiger partial charge is 0.122 e. The molecule has 3 aromatic carbocycles. The number of amidine groups is 2. The van der Waals surface area contributed by atoms with Crippen LogP contribution in [0.1, 0.15) is 22.3 Å². The summed E-state index contributed by atoms with van der Waals surface area (Å²) in [4.78, 5) is 0. The van der Waals surface area contributed by atoms with E-state index in [0.717, 1.165) is 22.3 Å². The fourth-order valence-corrected chi connectivity index (χ4v) is 2.89. The van der Waals surface area contributed by atoms with E-state index in [-0.39, 0.29) is 11.7 Å². The second-order valence-electron chi connectivity index (χ2n) is 6.26. The van der Waals surface area contributed by atoms with Crippen LogP contribution in [0.4, 0.5) is 0 Å². The minimum atomic E-state index is 0.0487. The summed E-state index contributed by atoms with van der Waals surface area (Å²) in [5, 5.41) is 15.2. The van der Waals surface area contributed by atoms with Crippen LogP contribution < -0.4 is 11.5 Å². The summed E-state index contributed by atoms with van der Waals surface area (Å²) in [6.07, 6.45) is 0. The maximum absolute atomic E-state index is 7.63. The Balaban J connectivity index is 1.75. The summed E-state index contributed by atoms with van der Waals surface area (Å²) in [5.41, 5.74) is 16.6. The van der Waals surface area contributed by atoms with E-state index >= 15 is 0 Å². The molecule has 0 atom stereocenters. The van der Waals surface area contributed by atoms with Gasteiger partial charge in [0, 0.05) is 11.1 Å². The fourth-order valence-electron chi connectivity index (χ4n) is 2.89. The zero-order valence-electron chi connectivity index (χ0n) is 14.9. The maximum Gasteiger partial charge on any atom is 0.122 e. The molecule has 3 rings (SSSR count). The van der Waals surface area contributed by atoms with Crippen LogP contribution >= 0.6 is 0 Å². The lowest BCUT2D eigenvalue weighted by molar-refractivity contribution is 0.107. The third-order valence-electron chi connectivity index (χ3n) is 4.27. The van der Waals surface area contributed by atoms with E-state index in [2.05, 4.69) is 0 Å². The first-order valence-corrected chi connectivity index (χ1v) is 8.58. The number of rotatable bonds is 7. The second kappa shape index (κ2) is 8.29. The Morgan fingerprint density at radius 2 is 1.41 bits per heavy atom. The summed E-state index contributed by atoms with van der Waals surface area (Å²) < 4.78 is 5.90. The van der Waals surface area contributed by atoms with Crippen LogP contribution in [0.3, 0.4) is 0 Å². The minimum Gasteiger partial charge on any atom is -0.384 e. The molecule has 0 aromatic heterocycles. The molecule has 136 valence electrons. The Hall–Kier alpha value is -3.44. The molecular weight excluding hydrogens is 336 g/mol. The normalized spacial score (nSPS) is 10.5. The van der Waals surface area contributed by atoms with Crippen LogP contribution in [0.15, 0.2) is 72.8 Å². The molecule has 6 N–H and O–H groups in total. The highest BCUT2D eigenvalue weighted by Gasteiger charge is 2.07. The zero-order valence-corrected chi connectivity index (χ0v) is 14.9. The van der Waals surface area contributed by atoms with Crippen LogP contribution in [0.5, 0.6) is 0 Å². The average Bonchev–Trinajstić information content (AvgIpc) is 2.68. The van der Waals surface area contributed by atoms with Crippen molar-refractivity contribution in [1.82, 2.24) is 0 Å². The Morgan fingerprint density at radius 1 is 0.741 bits per heavy atom. The van der Waals surface area contributed by atoms with E-state index in [1.807, 2.05) is 72.8 Å². The lowest BCUT2D eigenvalue weighted by Crippen LogP contribution is -2.11. The van der Waals surface area contributed by atoms with Crippen molar-refractivity contribution in [2.24, 2.45) is 11.5 Å². The van der Waals surface area contributed by atoms with Gasteiger partial charge < -0.3 is 16.2 Å². The van der Waals surface area contributed by atoms with Gasteiger partial charge in [-0.3, -0.25) is 10.8 Å². The molecule has 0 unspecified atom stereocenters. The van der Waals surface area contributed by atoms with E-state index in [1.165, 1.54) is 0 Å². The Kier molecular flexibility index (Phi) is 5.64. The van der Waals surface area contributed by atoms with Crippen molar-refractivity contribution in [3.63, 3.8) is 0 Å². The van der Waals surface area contributed by atoms with E-state index < -0.39 is 0 Å². The van der Waals surface area contributed by atoms with Gasteiger partial charge in [-0.25, -0.2) is 0 Å². The van der Waals surface area contributed by atoms with Crippen LogP contribution in [0.25, 0.3) is 11.1 Å². The van der Waals surface area contributed by atoms with Gasteiger partial charge in [0.2, 0.25) is 0 Å². The molecule has 0 saturated heterocycles. The standard InChI is InChI=1S/C22H22N4O/c23-21(24)17-8-3-5-15(11-17)13-27-14-19-6-1-2-10-20(19)16-7-4-9-18(12-16)22(25)26/h1-12H,13-14H2,(H3,23,24)(H3,25,26). The highest BCUT2D eigenvalue weighted by Crippen LogP contribution is 2.25. The molecule has 0 fully saturated rings. The number of nitrogen functional groups attached to an aromatic ring is 2. The van der Waals surface area contributed by atoms with E-state index in [1.54, 1.807) is 0 Å². The summed E-state index contributed by atoms with van der Waals surface area (Å²) in [5.74, 6) is 0.100. The topological polar surface area (TPSA) is 109 Å². The first-order valence-electron chi connectivity index (χ1n) is 8.58. The van der Waals surface area contributed by atoms with Crippen molar-refractivity contribution in [3.05, 3.63) is 95.1 Å². The van der Waals surface area contributed by atoms with Crippen molar-refractivity contribution < 1.29 is 4.74 Å². The monoisotopic (exact) mass is 358 g/mol. The summed E-state index contributed by atoms with van der Waals surface area (Å²) >= 11 is 0. The van der Waals surface area contributed by atoms with Gasteiger partial charge in [0.1, 0.15) is 11.7 Å². The van der Waals surface area contributed by atoms with Gasteiger partial charge in [-0.15, -0.1) is 0 Å². The van der Waals surface area contributed by atoms with Crippen LogP contribution in [-0.2, 0) is 18.0 Å². The van der Waals surface area contributed by atoms with Crippen molar-refractivity contribution in [2.75, 3.05) is 0 Å². The van der Waals surface area contributed by atoms with Gasteiger partial charge >= 0.3 is 0 Å². The number of nitrogens with two attached hydrogens (primary N) is 2. The third-order valence-corrected chi connectivity index (χ3v) is 4.27. The van der Waals surface area contributed by atoms with Crippen molar-refractivity contribution >= 4 is 11.7 Å². The Morgan fingerprint density at radius 3 is 2.15 bits per heavy atom. The first kappa shape index (κ1) is 18.4. The SMILES string of the molecule is N=C(N)c1cccc(COCc2ccccc2-c2cccc(C(=N)N)c2)c1. The molecular formula is C22H22N4O. The van der Waals surface area contributed by atoms with Crippen molar-refractivity contribution in [1.29, 1.82) is 10.8 Å². The van der Waals surface area contributed by atoms with Gasteiger partial charge in [-0.2, -0.15) is 0 Å². The molecule has 5 heteroatoms. The molecule has 27 heavy (non-hydrogen) atoms. The van der Waals surface area contributed by atoms with Crippen LogP contribution in [0.2, 0.25) is 0 Å². The zero-order chi connectivity index (χ0) is 19.2. The number of nitrogens with one attached hydrogen (secondary N) is 2. The highest BCUT2D eigenvalue weighted by atomic mass is 16.5. The molecule has 0 aliphatic rings. The highest BCUT2D eigenvalue weighted by molar-refractivity contribution is 5.96. The van der Waals surface area contributed by atoms with Crippen molar-refractivity contribution in [3.8, 4) is 11.1 Å². The van der Waals surface area contributed by atoms with Gasteiger partial charge in [0.25, 0.3) is 0 Å². The molecule has 0 amide bonds. The number of hydrogen-bond acceptors (Lipinski definition) is 3. The van der Waals surface area contributed by atoms with Crippen molar-refractivity contribution in [2.45, 2.75) is 13.2 Å². The van der Waals surface area contributed by atoms with E-state index in [9.17, 15) is 0 Å². The molecule has 0 aliphatic carbocycles. The predicted molar refractivity (Wildman–Crippen MR) is 109 cm³/mol. The number of hydrogen-bond donors (Lipinski definition) is 4. The molecule has 3 aromatic rings. The minimum absolute atomic E-state index is 0.0487. The maximum atomic E-state index is 7.63. The Labute approximate surface area is 158 Å². The Bertz CT molecular complexity index is 981. The summed E-state index contributed by atoms with van der Waals surface area (Å²) in [6, 6.07) is 23.2. The molecule has 0 heterocycles. The molecule has 5 nitrogen and oxygen atoms in total. The quantitative estimate of drug-likeness (QED) is 0.382. The van der Waals surface area contributed by atoms with Gasteiger partial charge in [-0.1, -0.05) is 60.7 Å². The number of benzene rings is 3. The lowest BCUT2D eigenvalue weighted by atomic mass is 9.98. The molecule has 0 saturated carbocycles. The average molecular weight is 358 g/mol. The third kappa shape index (κ3) is 4.59. The molecule has 0 radical (unpaired) electrons. The summed E-state index contributed by atoms with van der Waals surface area (Å²) in [6.45, 7) is 0.883. The second-order valence-corrected chi connectivity index (χ2v) is 6.26. The molecule has 0 spiro atoms. The molecule has 0 aliphatic heterocycles. The van der Waals surface area contributed by atoms with Crippen LogP contribution in [-0.4, -0.2) is 11.7 Å². The van der Waals surface area contributed by atoms with Gasteiger partial charge in [-0.05, 0) is 34.4 Å². The van der Waals surface area contributed by atoms with E-state index in [0.29, 0.717) is 24.3 Å². The van der Waals surface area contributed by atoms with Gasteiger partial charge in [0.15, 0.2) is 0 Å². The van der Waals surface area contributed by atoms with Gasteiger partial charge in [0.05, 0.1) is 13.2 Å². The van der Waals surface area contributed by atoms with Crippen LogP contribution in [0, 0.1) is 10.8 Å². The number of ether oxygens (including phenoxy) is 1.